The van der Waals surface area contributed by atoms with Crippen molar-refractivity contribution < 1.29 is 0 Å². The number of hydrogen-bond donors (Lipinski definition) is 2. The average Bonchev–Trinajstić information content (AvgIpc) is 3.12. The van der Waals surface area contributed by atoms with Crippen molar-refractivity contribution in [3.63, 3.8) is 0 Å². The third-order valence-electron chi connectivity index (χ3n) is 5.34. The van der Waals surface area contributed by atoms with Gasteiger partial charge in [-0.15, -0.1) is 24.0 Å². The molecule has 0 saturated heterocycles. The second-order valence-electron chi connectivity index (χ2n) is 7.92. The second-order valence-corrected chi connectivity index (χ2v) is 7.92. The van der Waals surface area contributed by atoms with Gasteiger partial charge in [0.15, 0.2) is 5.96 Å². The highest BCUT2D eigenvalue weighted by Crippen LogP contribution is 2.32. The Labute approximate surface area is 186 Å². The Balaban J connectivity index is 0.00000280. The second kappa shape index (κ2) is 11.4. The minimum atomic E-state index is 0. The zero-order chi connectivity index (χ0) is 19.1. The van der Waals surface area contributed by atoms with Gasteiger partial charge in [-0.25, -0.2) is 4.98 Å². The number of nitrogens with one attached hydrogen (secondary N) is 2. The predicted molar refractivity (Wildman–Crippen MR) is 127 cm³/mol. The molecule has 1 aliphatic rings. The van der Waals surface area contributed by atoms with Crippen LogP contribution in [0.2, 0.25) is 0 Å². The van der Waals surface area contributed by atoms with Crippen molar-refractivity contribution in [3.05, 3.63) is 54.1 Å². The minimum Gasteiger partial charge on any atom is -0.354 e. The van der Waals surface area contributed by atoms with Gasteiger partial charge in [-0.2, -0.15) is 0 Å². The number of imidazole rings is 1. The summed E-state index contributed by atoms with van der Waals surface area (Å²) >= 11 is 0. The summed E-state index contributed by atoms with van der Waals surface area (Å²) in [6.45, 7) is 6.14. The molecule has 0 amide bonds. The van der Waals surface area contributed by atoms with E-state index >= 15 is 0 Å². The number of nitrogens with zero attached hydrogens (tertiary/aromatic N) is 3. The summed E-state index contributed by atoms with van der Waals surface area (Å²) in [7, 11) is 1.84. The maximum Gasteiger partial charge on any atom is 0.191 e. The third kappa shape index (κ3) is 6.50. The van der Waals surface area contributed by atoms with Crippen molar-refractivity contribution >= 4 is 29.9 Å². The fraction of sp³-hybridized carbons (Fsp3) is 0.545. The lowest BCUT2D eigenvalue weighted by molar-refractivity contribution is 0.371. The largest absolute Gasteiger partial charge is 0.354 e. The van der Waals surface area contributed by atoms with Crippen LogP contribution >= 0.6 is 24.0 Å². The number of benzene rings is 1. The number of halogens is 1. The Bertz CT molecular complexity index is 718. The Morgan fingerprint density at radius 3 is 2.54 bits per heavy atom. The molecule has 1 fully saturated rings. The van der Waals surface area contributed by atoms with Gasteiger partial charge in [0.25, 0.3) is 0 Å². The summed E-state index contributed by atoms with van der Waals surface area (Å²) in [6.07, 6.45) is 8.76. The molecule has 0 unspecified atom stereocenters. The molecule has 2 N–H and O–H groups in total. The van der Waals surface area contributed by atoms with E-state index in [4.69, 9.17) is 0 Å². The Morgan fingerprint density at radius 2 is 1.89 bits per heavy atom. The van der Waals surface area contributed by atoms with Crippen LogP contribution in [0.3, 0.4) is 0 Å². The van der Waals surface area contributed by atoms with Crippen LogP contribution in [0.1, 0.15) is 56.8 Å². The van der Waals surface area contributed by atoms with Gasteiger partial charge < -0.3 is 15.2 Å². The Morgan fingerprint density at radius 1 is 1.18 bits per heavy atom. The normalized spacial score (nSPS) is 19.9. The third-order valence-corrected chi connectivity index (χ3v) is 5.34. The zero-order valence-electron chi connectivity index (χ0n) is 17.3. The highest BCUT2D eigenvalue weighted by atomic mass is 127. The van der Waals surface area contributed by atoms with Gasteiger partial charge in [0, 0.05) is 32.0 Å². The first-order valence-electron chi connectivity index (χ1n) is 10.2. The van der Waals surface area contributed by atoms with Crippen LogP contribution in [0.25, 0.3) is 0 Å². The van der Waals surface area contributed by atoms with Crippen LogP contribution in [0.4, 0.5) is 0 Å². The summed E-state index contributed by atoms with van der Waals surface area (Å²) in [4.78, 5) is 8.89. The summed E-state index contributed by atoms with van der Waals surface area (Å²) in [6, 6.07) is 11.4. The quantitative estimate of drug-likeness (QED) is 0.351. The van der Waals surface area contributed by atoms with Crippen LogP contribution < -0.4 is 10.6 Å². The van der Waals surface area contributed by atoms with Crippen LogP contribution in [0.15, 0.2) is 47.7 Å². The molecule has 0 radical (unpaired) electrons. The molecule has 1 aromatic heterocycles. The molecule has 3 rings (SSSR count). The SMILES string of the molecule is CN=C(NCc1nccn1CC(C)C)NC1CCC(c2ccccc2)CC1.I. The van der Waals surface area contributed by atoms with Gasteiger partial charge in [-0.3, -0.25) is 4.99 Å². The molecule has 1 heterocycles. The molecule has 1 aliphatic carbocycles. The topological polar surface area (TPSA) is 54.2 Å². The molecule has 28 heavy (non-hydrogen) atoms. The van der Waals surface area contributed by atoms with Crippen LogP contribution in [-0.2, 0) is 13.1 Å². The van der Waals surface area contributed by atoms with E-state index < -0.39 is 0 Å². The van der Waals surface area contributed by atoms with E-state index in [1.165, 1.54) is 31.2 Å². The fourth-order valence-corrected chi connectivity index (χ4v) is 3.91. The molecular weight excluding hydrogens is 461 g/mol. The molecule has 0 atom stereocenters. The summed E-state index contributed by atoms with van der Waals surface area (Å²) in [5.74, 6) is 3.23. The van der Waals surface area contributed by atoms with Crippen molar-refractivity contribution in [3.8, 4) is 0 Å². The molecule has 5 nitrogen and oxygen atoms in total. The lowest BCUT2D eigenvalue weighted by atomic mass is 9.82. The summed E-state index contributed by atoms with van der Waals surface area (Å²) in [5.41, 5.74) is 1.48. The van der Waals surface area contributed by atoms with Crippen LogP contribution in [-0.4, -0.2) is 28.6 Å². The van der Waals surface area contributed by atoms with Gasteiger partial charge in [0.2, 0.25) is 0 Å². The molecule has 0 spiro atoms. The molecule has 0 aliphatic heterocycles. The van der Waals surface area contributed by atoms with Gasteiger partial charge in [-0.05, 0) is 43.1 Å². The summed E-state index contributed by atoms with van der Waals surface area (Å²) < 4.78 is 2.22. The number of aliphatic imine (C=N–C) groups is 1. The van der Waals surface area contributed by atoms with Crippen LogP contribution in [0, 0.1) is 5.92 Å². The molecule has 1 aromatic carbocycles. The lowest BCUT2D eigenvalue weighted by Crippen LogP contribution is -2.44. The maximum atomic E-state index is 4.48. The highest BCUT2D eigenvalue weighted by Gasteiger charge is 2.22. The Kier molecular flexibility index (Phi) is 9.28. The zero-order valence-corrected chi connectivity index (χ0v) is 19.6. The van der Waals surface area contributed by atoms with Gasteiger partial charge in [0.1, 0.15) is 5.82 Å². The minimum absolute atomic E-state index is 0. The number of aromatic nitrogens is 2. The monoisotopic (exact) mass is 495 g/mol. The van der Waals surface area contributed by atoms with Crippen molar-refractivity contribution in [2.45, 2.75) is 64.6 Å². The van der Waals surface area contributed by atoms with E-state index in [0.717, 1.165) is 18.3 Å². The summed E-state index contributed by atoms with van der Waals surface area (Å²) in [5, 5.41) is 7.03. The van der Waals surface area contributed by atoms with Gasteiger partial charge in [-0.1, -0.05) is 44.2 Å². The average molecular weight is 495 g/mol. The molecule has 2 aromatic rings. The van der Waals surface area contributed by atoms with Crippen molar-refractivity contribution in [1.29, 1.82) is 0 Å². The molecular formula is C22H34IN5. The van der Waals surface area contributed by atoms with E-state index in [9.17, 15) is 0 Å². The van der Waals surface area contributed by atoms with Crippen LogP contribution in [0.5, 0.6) is 0 Å². The first-order valence-corrected chi connectivity index (χ1v) is 10.2. The van der Waals surface area contributed by atoms with Crippen molar-refractivity contribution in [2.24, 2.45) is 10.9 Å². The molecule has 1 saturated carbocycles. The first kappa shape index (κ1) is 22.7. The molecule has 154 valence electrons. The predicted octanol–water partition coefficient (Wildman–Crippen LogP) is 4.55. The van der Waals surface area contributed by atoms with Crippen molar-refractivity contribution in [1.82, 2.24) is 20.2 Å². The van der Waals surface area contributed by atoms with Gasteiger partial charge in [0.05, 0.1) is 6.54 Å². The maximum absolute atomic E-state index is 4.48. The Hall–Kier alpha value is -1.57. The first-order chi connectivity index (χ1) is 13.2. The fourth-order valence-electron chi connectivity index (χ4n) is 3.91. The van der Waals surface area contributed by atoms with Gasteiger partial charge >= 0.3 is 0 Å². The molecule has 6 heteroatoms. The smallest absolute Gasteiger partial charge is 0.191 e. The highest BCUT2D eigenvalue weighted by molar-refractivity contribution is 14.0. The molecule has 0 bridgehead atoms. The lowest BCUT2D eigenvalue weighted by Gasteiger charge is -2.30. The number of guanidine groups is 1. The van der Waals surface area contributed by atoms with E-state index in [2.05, 4.69) is 75.6 Å². The van der Waals surface area contributed by atoms with Crippen molar-refractivity contribution in [2.75, 3.05) is 7.05 Å². The standard InChI is InChI=1S/C22H33N5.HI/c1-17(2)16-27-14-13-24-21(27)15-25-22(23-3)26-20-11-9-19(10-12-20)18-7-5-4-6-8-18;/h4-8,13-14,17,19-20H,9-12,15-16H2,1-3H3,(H2,23,25,26);1H. The van der Waals surface area contributed by atoms with E-state index in [1.807, 2.05) is 13.2 Å². The van der Waals surface area contributed by atoms with E-state index in [0.29, 0.717) is 24.4 Å². The van der Waals surface area contributed by atoms with E-state index in [1.54, 1.807) is 0 Å². The van der Waals surface area contributed by atoms with E-state index in [-0.39, 0.29) is 24.0 Å². The number of rotatable bonds is 6. The number of hydrogen-bond acceptors (Lipinski definition) is 2.